The molecule has 0 bridgehead atoms. The second-order valence-corrected chi connectivity index (χ2v) is 5.34. The van der Waals surface area contributed by atoms with Crippen molar-refractivity contribution in [2.24, 2.45) is 0 Å². The molecule has 0 aromatic carbocycles. The lowest BCUT2D eigenvalue weighted by Gasteiger charge is -2.10. The van der Waals surface area contributed by atoms with Crippen LogP contribution in [-0.4, -0.2) is 9.97 Å². The van der Waals surface area contributed by atoms with Crippen LogP contribution in [0.3, 0.4) is 0 Å². The minimum atomic E-state index is 0.490. The fraction of sp³-hybridized carbons (Fsp3) is 0.429. The average molecular weight is 278 g/mol. The summed E-state index contributed by atoms with van der Waals surface area (Å²) in [7, 11) is 0. The van der Waals surface area contributed by atoms with Crippen LogP contribution in [0.4, 0.5) is 5.82 Å². The molecule has 2 aromatic heterocycles. The predicted molar refractivity (Wildman–Crippen MR) is 74.5 cm³/mol. The number of rotatable bonds is 4. The van der Waals surface area contributed by atoms with Gasteiger partial charge in [0.15, 0.2) is 0 Å². The molecular formula is C14H16ClN3O. The van der Waals surface area contributed by atoms with Gasteiger partial charge in [0.25, 0.3) is 0 Å². The SMILES string of the molecule is Cc1ccc(CNc2nc(C3CC3)nc(Cl)c2C)o1. The Hall–Kier alpha value is -1.55. The van der Waals surface area contributed by atoms with Gasteiger partial charge in [-0.3, -0.25) is 0 Å². The number of hydrogen-bond acceptors (Lipinski definition) is 4. The maximum absolute atomic E-state index is 6.16. The molecular weight excluding hydrogens is 262 g/mol. The second kappa shape index (κ2) is 4.85. The molecule has 0 saturated heterocycles. The third-order valence-electron chi connectivity index (χ3n) is 3.27. The average Bonchev–Trinajstić information content (AvgIpc) is 3.15. The lowest BCUT2D eigenvalue weighted by molar-refractivity contribution is 0.490. The van der Waals surface area contributed by atoms with Gasteiger partial charge in [0.05, 0.1) is 6.54 Å². The zero-order valence-corrected chi connectivity index (χ0v) is 11.8. The fourth-order valence-electron chi connectivity index (χ4n) is 1.95. The number of aromatic nitrogens is 2. The first-order valence-corrected chi connectivity index (χ1v) is 6.84. The summed E-state index contributed by atoms with van der Waals surface area (Å²) in [6, 6.07) is 3.91. The Bertz CT molecular complexity index is 605. The highest BCUT2D eigenvalue weighted by molar-refractivity contribution is 6.30. The molecule has 0 unspecified atom stereocenters. The van der Waals surface area contributed by atoms with E-state index in [1.165, 1.54) is 0 Å². The molecule has 1 aliphatic carbocycles. The Morgan fingerprint density at radius 2 is 2.11 bits per heavy atom. The maximum atomic E-state index is 6.16. The second-order valence-electron chi connectivity index (χ2n) is 4.99. The van der Waals surface area contributed by atoms with E-state index < -0.39 is 0 Å². The molecule has 100 valence electrons. The number of halogens is 1. The van der Waals surface area contributed by atoms with Crippen molar-refractivity contribution in [1.29, 1.82) is 0 Å². The van der Waals surface area contributed by atoms with E-state index in [4.69, 9.17) is 16.0 Å². The van der Waals surface area contributed by atoms with Crippen LogP contribution in [0.1, 0.15) is 41.7 Å². The summed E-state index contributed by atoms with van der Waals surface area (Å²) in [6.07, 6.45) is 2.33. The number of aryl methyl sites for hydroxylation is 1. The van der Waals surface area contributed by atoms with Crippen molar-refractivity contribution in [3.63, 3.8) is 0 Å². The van der Waals surface area contributed by atoms with Gasteiger partial charge in [-0.15, -0.1) is 0 Å². The molecule has 0 aliphatic heterocycles. The summed E-state index contributed by atoms with van der Waals surface area (Å²) in [5.74, 6) is 3.95. The van der Waals surface area contributed by atoms with Crippen LogP contribution in [0.25, 0.3) is 0 Å². The van der Waals surface area contributed by atoms with Crippen LogP contribution in [0, 0.1) is 13.8 Å². The lowest BCUT2D eigenvalue weighted by Crippen LogP contribution is -2.06. The number of nitrogens with one attached hydrogen (secondary N) is 1. The maximum Gasteiger partial charge on any atom is 0.137 e. The Labute approximate surface area is 117 Å². The Morgan fingerprint density at radius 3 is 2.74 bits per heavy atom. The Morgan fingerprint density at radius 1 is 1.32 bits per heavy atom. The van der Waals surface area contributed by atoms with Gasteiger partial charge in [-0.2, -0.15) is 0 Å². The summed E-state index contributed by atoms with van der Waals surface area (Å²) >= 11 is 6.16. The Kier molecular flexibility index (Phi) is 3.19. The van der Waals surface area contributed by atoms with E-state index >= 15 is 0 Å². The molecule has 3 rings (SSSR count). The lowest BCUT2D eigenvalue weighted by atomic mass is 10.3. The molecule has 1 aliphatic rings. The highest BCUT2D eigenvalue weighted by atomic mass is 35.5. The standard InChI is InChI=1S/C14H16ClN3O/c1-8-3-6-11(19-8)7-16-13-9(2)12(15)17-14(18-13)10-4-5-10/h3,6,10H,4-5,7H2,1-2H3,(H,16,17,18). The molecule has 0 atom stereocenters. The third-order valence-corrected chi connectivity index (χ3v) is 3.64. The van der Waals surface area contributed by atoms with E-state index in [1.807, 2.05) is 26.0 Å². The van der Waals surface area contributed by atoms with Crippen LogP contribution in [0.5, 0.6) is 0 Å². The normalized spacial score (nSPS) is 14.7. The van der Waals surface area contributed by atoms with E-state index in [2.05, 4.69) is 15.3 Å². The highest BCUT2D eigenvalue weighted by Gasteiger charge is 2.28. The summed E-state index contributed by atoms with van der Waals surface area (Å²) < 4.78 is 5.53. The van der Waals surface area contributed by atoms with E-state index in [0.717, 1.165) is 41.6 Å². The summed E-state index contributed by atoms with van der Waals surface area (Å²) in [5.41, 5.74) is 0.884. The number of nitrogens with zero attached hydrogens (tertiary/aromatic N) is 2. The first kappa shape index (κ1) is 12.5. The van der Waals surface area contributed by atoms with Crippen molar-refractivity contribution in [1.82, 2.24) is 9.97 Å². The number of anilines is 1. The van der Waals surface area contributed by atoms with Gasteiger partial charge in [0, 0.05) is 11.5 Å². The molecule has 5 heteroatoms. The quantitative estimate of drug-likeness (QED) is 0.863. The van der Waals surface area contributed by atoms with Crippen LogP contribution < -0.4 is 5.32 Å². The number of furan rings is 1. The molecule has 2 heterocycles. The largest absolute Gasteiger partial charge is 0.465 e. The zero-order valence-electron chi connectivity index (χ0n) is 11.0. The molecule has 1 saturated carbocycles. The Balaban J connectivity index is 1.79. The predicted octanol–water partition coefficient (Wildman–Crippen LogP) is 3.83. The number of hydrogen-bond donors (Lipinski definition) is 1. The molecule has 0 amide bonds. The van der Waals surface area contributed by atoms with Crippen LogP contribution in [0.15, 0.2) is 16.5 Å². The van der Waals surface area contributed by atoms with Crippen molar-refractivity contribution in [3.8, 4) is 0 Å². The first-order valence-electron chi connectivity index (χ1n) is 6.46. The van der Waals surface area contributed by atoms with E-state index in [1.54, 1.807) is 0 Å². The van der Waals surface area contributed by atoms with Gasteiger partial charge in [0.2, 0.25) is 0 Å². The molecule has 19 heavy (non-hydrogen) atoms. The summed E-state index contributed by atoms with van der Waals surface area (Å²) in [5, 5.41) is 3.81. The fourth-order valence-corrected chi connectivity index (χ4v) is 2.13. The molecule has 4 nitrogen and oxygen atoms in total. The zero-order chi connectivity index (χ0) is 13.4. The van der Waals surface area contributed by atoms with Gasteiger partial charge >= 0.3 is 0 Å². The molecule has 0 radical (unpaired) electrons. The third kappa shape index (κ3) is 2.73. The van der Waals surface area contributed by atoms with Gasteiger partial charge in [-0.05, 0) is 38.8 Å². The highest BCUT2D eigenvalue weighted by Crippen LogP contribution is 2.39. The van der Waals surface area contributed by atoms with Crippen molar-refractivity contribution in [2.75, 3.05) is 5.32 Å². The monoisotopic (exact) mass is 277 g/mol. The molecule has 2 aromatic rings. The first-order chi connectivity index (χ1) is 9.13. The molecule has 0 spiro atoms. The molecule has 1 fully saturated rings. The van der Waals surface area contributed by atoms with Crippen molar-refractivity contribution < 1.29 is 4.42 Å². The van der Waals surface area contributed by atoms with Crippen molar-refractivity contribution >= 4 is 17.4 Å². The van der Waals surface area contributed by atoms with Gasteiger partial charge < -0.3 is 9.73 Å². The summed E-state index contributed by atoms with van der Waals surface area (Å²) in [6.45, 7) is 4.46. The van der Waals surface area contributed by atoms with Crippen LogP contribution in [0.2, 0.25) is 5.15 Å². The van der Waals surface area contributed by atoms with Crippen molar-refractivity contribution in [2.45, 2.75) is 39.2 Å². The van der Waals surface area contributed by atoms with E-state index in [0.29, 0.717) is 17.6 Å². The summed E-state index contributed by atoms with van der Waals surface area (Å²) in [4.78, 5) is 8.91. The van der Waals surface area contributed by atoms with E-state index in [-0.39, 0.29) is 0 Å². The van der Waals surface area contributed by atoms with Gasteiger partial charge in [-0.25, -0.2) is 9.97 Å². The van der Waals surface area contributed by atoms with Crippen LogP contribution in [-0.2, 0) is 6.54 Å². The van der Waals surface area contributed by atoms with Crippen molar-refractivity contribution in [3.05, 3.63) is 40.2 Å². The minimum absolute atomic E-state index is 0.490. The van der Waals surface area contributed by atoms with Gasteiger partial charge in [-0.1, -0.05) is 11.6 Å². The van der Waals surface area contributed by atoms with E-state index in [9.17, 15) is 0 Å². The topological polar surface area (TPSA) is 51.0 Å². The minimum Gasteiger partial charge on any atom is -0.465 e. The van der Waals surface area contributed by atoms with Crippen LogP contribution >= 0.6 is 11.6 Å². The molecule has 1 N–H and O–H groups in total. The van der Waals surface area contributed by atoms with Gasteiger partial charge in [0.1, 0.15) is 28.3 Å². The smallest absolute Gasteiger partial charge is 0.137 e.